The highest BCUT2D eigenvalue weighted by Crippen LogP contribution is 2.35. The third-order valence-corrected chi connectivity index (χ3v) is 3.00. The lowest BCUT2D eigenvalue weighted by Crippen LogP contribution is -2.04. The molecule has 2 aromatic rings. The Morgan fingerprint density at radius 1 is 1.42 bits per heavy atom. The number of nitrogens with one attached hydrogen (secondary N) is 1. The van der Waals surface area contributed by atoms with E-state index in [-0.39, 0.29) is 5.69 Å². The average Bonchev–Trinajstić information content (AvgIpc) is 2.70. The lowest BCUT2D eigenvalue weighted by atomic mass is 10.3. The summed E-state index contributed by atoms with van der Waals surface area (Å²) >= 11 is 1.01. The highest BCUT2D eigenvalue weighted by molar-refractivity contribution is 7.99. The fraction of sp³-hybridized carbons (Fsp3) is 0.200. The molecule has 2 rings (SSSR count). The van der Waals surface area contributed by atoms with Crippen molar-refractivity contribution in [2.45, 2.75) is 23.6 Å². The number of aromatic nitrogens is 3. The van der Waals surface area contributed by atoms with E-state index in [2.05, 4.69) is 19.9 Å². The van der Waals surface area contributed by atoms with Gasteiger partial charge in [0, 0.05) is 16.6 Å². The van der Waals surface area contributed by atoms with Gasteiger partial charge in [-0.05, 0) is 24.8 Å². The second-order valence-corrected chi connectivity index (χ2v) is 4.51. The quantitative estimate of drug-likeness (QED) is 0.846. The van der Waals surface area contributed by atoms with Gasteiger partial charge in [-0.3, -0.25) is 5.10 Å². The van der Waals surface area contributed by atoms with Crippen LogP contribution in [0.15, 0.2) is 22.2 Å². The summed E-state index contributed by atoms with van der Waals surface area (Å²) in [6.07, 6.45) is 0. The number of halogens is 3. The molecule has 0 saturated carbocycles. The molecule has 5 nitrogen and oxygen atoms in total. The Morgan fingerprint density at radius 3 is 2.74 bits per heavy atom. The Labute approximate surface area is 110 Å². The van der Waals surface area contributed by atoms with Crippen LogP contribution in [0.2, 0.25) is 0 Å². The number of hydrogen-bond acceptors (Lipinski definition) is 5. The molecule has 0 amide bonds. The third kappa shape index (κ3) is 3.31. The number of aromatic amines is 1. The van der Waals surface area contributed by atoms with Gasteiger partial charge in [0.15, 0.2) is 11.6 Å². The van der Waals surface area contributed by atoms with Gasteiger partial charge in [0.25, 0.3) is 0 Å². The fourth-order valence-electron chi connectivity index (χ4n) is 1.29. The van der Waals surface area contributed by atoms with Crippen LogP contribution in [-0.4, -0.2) is 21.8 Å². The number of hydrogen-bond donors (Lipinski definition) is 2. The monoisotopic (exact) mass is 290 g/mol. The van der Waals surface area contributed by atoms with Gasteiger partial charge in [0.05, 0.1) is 0 Å². The predicted octanol–water partition coefficient (Wildman–Crippen LogP) is 2.59. The van der Waals surface area contributed by atoms with Gasteiger partial charge >= 0.3 is 6.61 Å². The molecule has 0 atom stereocenters. The van der Waals surface area contributed by atoms with E-state index in [1.807, 2.05) is 0 Å². The van der Waals surface area contributed by atoms with Crippen molar-refractivity contribution < 1.29 is 17.9 Å². The number of benzene rings is 1. The van der Waals surface area contributed by atoms with Gasteiger partial charge < -0.3 is 10.5 Å². The Morgan fingerprint density at radius 2 is 2.16 bits per heavy atom. The van der Waals surface area contributed by atoms with Crippen LogP contribution in [0.3, 0.4) is 0 Å². The highest BCUT2D eigenvalue weighted by atomic mass is 32.2. The van der Waals surface area contributed by atoms with Crippen LogP contribution in [-0.2, 0) is 0 Å². The molecule has 1 heterocycles. The Hall–Kier alpha value is -1.90. The summed E-state index contributed by atoms with van der Waals surface area (Å²) in [5.74, 6) is -0.931. The molecule has 0 fully saturated rings. The molecule has 0 bridgehead atoms. The predicted molar refractivity (Wildman–Crippen MR) is 62.7 cm³/mol. The normalized spacial score (nSPS) is 11.0. The molecule has 9 heteroatoms. The molecule has 0 saturated heterocycles. The van der Waals surface area contributed by atoms with Gasteiger partial charge in [0.1, 0.15) is 5.82 Å². The lowest BCUT2D eigenvalue weighted by molar-refractivity contribution is -0.0523. The molecule has 19 heavy (non-hydrogen) atoms. The smallest absolute Gasteiger partial charge is 0.387 e. The molecule has 0 aliphatic heterocycles. The summed E-state index contributed by atoms with van der Waals surface area (Å²) < 4.78 is 41.6. The summed E-state index contributed by atoms with van der Waals surface area (Å²) in [4.78, 5) is 4.35. The minimum Gasteiger partial charge on any atom is -0.432 e. The van der Waals surface area contributed by atoms with Crippen LogP contribution in [0.1, 0.15) is 5.82 Å². The van der Waals surface area contributed by atoms with E-state index in [1.165, 1.54) is 0 Å². The van der Waals surface area contributed by atoms with E-state index in [1.54, 1.807) is 6.92 Å². The van der Waals surface area contributed by atoms with E-state index in [4.69, 9.17) is 5.73 Å². The number of H-pyrrole nitrogens is 1. The van der Waals surface area contributed by atoms with Crippen molar-refractivity contribution >= 4 is 17.4 Å². The number of nitrogens with zero attached hydrogens (tertiary/aromatic N) is 2. The van der Waals surface area contributed by atoms with Crippen molar-refractivity contribution in [3.63, 3.8) is 0 Å². The molecule has 0 aliphatic carbocycles. The fourth-order valence-corrected chi connectivity index (χ4v) is 2.10. The maximum atomic E-state index is 13.3. The largest absolute Gasteiger partial charge is 0.432 e. The van der Waals surface area contributed by atoms with Crippen LogP contribution < -0.4 is 10.5 Å². The van der Waals surface area contributed by atoms with Gasteiger partial charge in [-0.1, -0.05) is 0 Å². The molecular formula is C10H9F3N4OS. The van der Waals surface area contributed by atoms with Crippen molar-refractivity contribution in [1.82, 2.24) is 15.2 Å². The standard InChI is InChI=1S/C10H9F3N4OS/c1-4-15-10(17-16-4)19-8-3-7(18-9(12)13)5(11)2-6(8)14/h2-3,9H,14H2,1H3,(H,15,16,17). The Bertz CT molecular complexity index is 590. The summed E-state index contributed by atoms with van der Waals surface area (Å²) in [5.41, 5.74) is 5.70. The number of anilines is 1. The highest BCUT2D eigenvalue weighted by Gasteiger charge is 2.15. The summed E-state index contributed by atoms with van der Waals surface area (Å²) in [6, 6.07) is 2.01. The number of alkyl halides is 2. The first-order valence-corrected chi connectivity index (χ1v) is 5.88. The number of nitrogens with two attached hydrogens (primary N) is 1. The summed E-state index contributed by atoms with van der Waals surface area (Å²) in [6.45, 7) is -1.40. The van der Waals surface area contributed by atoms with Gasteiger partial charge in [-0.2, -0.15) is 8.78 Å². The average molecular weight is 290 g/mol. The van der Waals surface area contributed by atoms with E-state index in [0.29, 0.717) is 15.9 Å². The first-order chi connectivity index (χ1) is 8.95. The van der Waals surface area contributed by atoms with Crippen LogP contribution in [0.4, 0.5) is 18.9 Å². The van der Waals surface area contributed by atoms with Crippen molar-refractivity contribution in [2.24, 2.45) is 0 Å². The zero-order chi connectivity index (χ0) is 14.0. The van der Waals surface area contributed by atoms with E-state index in [0.717, 1.165) is 23.9 Å². The van der Waals surface area contributed by atoms with E-state index in [9.17, 15) is 13.2 Å². The number of aryl methyl sites for hydroxylation is 1. The second kappa shape index (κ2) is 5.39. The lowest BCUT2D eigenvalue weighted by Gasteiger charge is -2.09. The van der Waals surface area contributed by atoms with Crippen LogP contribution in [0.25, 0.3) is 0 Å². The van der Waals surface area contributed by atoms with Crippen LogP contribution in [0, 0.1) is 12.7 Å². The molecule has 0 spiro atoms. The van der Waals surface area contributed by atoms with Crippen LogP contribution >= 0.6 is 11.8 Å². The van der Waals surface area contributed by atoms with Crippen molar-refractivity contribution in [3.8, 4) is 5.75 Å². The molecule has 3 N–H and O–H groups in total. The molecule has 0 unspecified atom stereocenters. The summed E-state index contributed by atoms with van der Waals surface area (Å²) in [5, 5.41) is 6.82. The minimum absolute atomic E-state index is 0.0894. The summed E-state index contributed by atoms with van der Waals surface area (Å²) in [7, 11) is 0. The Kier molecular flexibility index (Phi) is 3.84. The number of rotatable bonds is 4. The maximum absolute atomic E-state index is 13.3. The minimum atomic E-state index is -3.11. The molecule has 1 aromatic heterocycles. The first kappa shape index (κ1) is 13.5. The zero-order valence-electron chi connectivity index (χ0n) is 9.65. The molecule has 0 radical (unpaired) electrons. The van der Waals surface area contributed by atoms with Crippen molar-refractivity contribution in [2.75, 3.05) is 5.73 Å². The van der Waals surface area contributed by atoms with Crippen molar-refractivity contribution in [3.05, 3.63) is 23.8 Å². The number of nitrogen functional groups attached to an aromatic ring is 1. The SMILES string of the molecule is Cc1nc(Sc2cc(OC(F)F)c(F)cc2N)n[nH]1. The van der Waals surface area contributed by atoms with Crippen molar-refractivity contribution in [1.29, 1.82) is 0 Å². The maximum Gasteiger partial charge on any atom is 0.387 e. The number of ether oxygens (including phenoxy) is 1. The second-order valence-electron chi connectivity index (χ2n) is 3.50. The first-order valence-electron chi connectivity index (χ1n) is 5.06. The van der Waals surface area contributed by atoms with Gasteiger partial charge in [-0.15, -0.1) is 5.10 Å². The molecule has 102 valence electrons. The van der Waals surface area contributed by atoms with Gasteiger partial charge in [-0.25, -0.2) is 9.37 Å². The van der Waals surface area contributed by atoms with E-state index < -0.39 is 18.2 Å². The van der Waals surface area contributed by atoms with Gasteiger partial charge in [0.2, 0.25) is 5.16 Å². The Balaban J connectivity index is 2.29. The molecule has 1 aromatic carbocycles. The van der Waals surface area contributed by atoms with E-state index >= 15 is 0 Å². The van der Waals surface area contributed by atoms with Crippen LogP contribution in [0.5, 0.6) is 5.75 Å². The third-order valence-electron chi connectivity index (χ3n) is 2.06. The molecule has 0 aliphatic rings. The molecular weight excluding hydrogens is 281 g/mol. The zero-order valence-corrected chi connectivity index (χ0v) is 10.5. The topological polar surface area (TPSA) is 76.8 Å².